The lowest BCUT2D eigenvalue weighted by atomic mass is 9.93. The van der Waals surface area contributed by atoms with Gasteiger partial charge in [-0.05, 0) is 31.4 Å². The van der Waals surface area contributed by atoms with Gasteiger partial charge in [0.2, 0.25) is 5.91 Å². The molecule has 1 aromatic heterocycles. The van der Waals surface area contributed by atoms with E-state index in [0.29, 0.717) is 12.4 Å². The Bertz CT molecular complexity index is 786. The standard InChI is InChI=1S/C18H20N4O/c1-21-11-12-22(18(23)13-7-3-2-4-8-13)17-16(21)19-14-9-5-6-10-15(14)20-17/h2-3,5-6,9-10,13H,4,7-8,11-12H2,1H3/t13-/m0/s1. The lowest BCUT2D eigenvalue weighted by molar-refractivity contribution is -0.122. The summed E-state index contributed by atoms with van der Waals surface area (Å²) in [5.74, 6) is 1.77. The number of benzene rings is 1. The van der Waals surface area contributed by atoms with Gasteiger partial charge < -0.3 is 4.90 Å². The molecule has 0 radical (unpaired) electrons. The van der Waals surface area contributed by atoms with Crippen molar-refractivity contribution in [3.05, 3.63) is 36.4 Å². The fourth-order valence-corrected chi connectivity index (χ4v) is 3.33. The zero-order valence-corrected chi connectivity index (χ0v) is 13.3. The van der Waals surface area contributed by atoms with Gasteiger partial charge in [-0.15, -0.1) is 0 Å². The van der Waals surface area contributed by atoms with E-state index >= 15 is 0 Å². The predicted octanol–water partition coefficient (Wildman–Crippen LogP) is 2.77. The van der Waals surface area contributed by atoms with Gasteiger partial charge in [0.25, 0.3) is 0 Å². The van der Waals surface area contributed by atoms with Gasteiger partial charge in [0.1, 0.15) is 0 Å². The smallest absolute Gasteiger partial charge is 0.231 e. The minimum absolute atomic E-state index is 0.0736. The maximum absolute atomic E-state index is 13.0. The first-order valence-electron chi connectivity index (χ1n) is 8.18. The fraction of sp³-hybridized carbons (Fsp3) is 0.389. The van der Waals surface area contributed by atoms with Crippen molar-refractivity contribution < 1.29 is 4.79 Å². The maximum atomic E-state index is 13.0. The van der Waals surface area contributed by atoms with Crippen LogP contribution in [0.2, 0.25) is 0 Å². The van der Waals surface area contributed by atoms with Crippen LogP contribution in [0.5, 0.6) is 0 Å². The first-order chi connectivity index (χ1) is 11.2. The number of aromatic nitrogens is 2. The lowest BCUT2D eigenvalue weighted by Crippen LogP contribution is -2.46. The van der Waals surface area contributed by atoms with Crippen molar-refractivity contribution in [2.24, 2.45) is 5.92 Å². The van der Waals surface area contributed by atoms with Crippen LogP contribution < -0.4 is 9.80 Å². The van der Waals surface area contributed by atoms with Crippen LogP contribution in [-0.4, -0.2) is 36.0 Å². The van der Waals surface area contributed by atoms with Crippen molar-refractivity contribution in [1.29, 1.82) is 0 Å². The largest absolute Gasteiger partial charge is 0.355 e. The van der Waals surface area contributed by atoms with Crippen molar-refractivity contribution in [3.63, 3.8) is 0 Å². The normalized spacial score (nSPS) is 20.7. The maximum Gasteiger partial charge on any atom is 0.231 e. The third kappa shape index (κ3) is 2.46. The number of fused-ring (bicyclic) bond motifs is 2. The summed E-state index contributed by atoms with van der Waals surface area (Å²) in [6.07, 6.45) is 7.03. The molecule has 1 aliphatic heterocycles. The average molecular weight is 308 g/mol. The van der Waals surface area contributed by atoms with E-state index in [2.05, 4.69) is 17.1 Å². The van der Waals surface area contributed by atoms with E-state index in [-0.39, 0.29) is 11.8 Å². The van der Waals surface area contributed by atoms with Gasteiger partial charge in [-0.3, -0.25) is 9.69 Å². The van der Waals surface area contributed by atoms with Crippen molar-refractivity contribution in [2.75, 3.05) is 29.9 Å². The van der Waals surface area contributed by atoms with E-state index in [1.807, 2.05) is 36.2 Å². The Morgan fingerprint density at radius 2 is 1.83 bits per heavy atom. The Balaban J connectivity index is 1.76. The first kappa shape index (κ1) is 14.2. The second kappa shape index (κ2) is 5.65. The molecule has 2 aromatic rings. The molecule has 2 aliphatic rings. The fourth-order valence-electron chi connectivity index (χ4n) is 3.33. The molecule has 2 heterocycles. The molecule has 1 aliphatic carbocycles. The quantitative estimate of drug-likeness (QED) is 0.760. The molecular weight excluding hydrogens is 288 g/mol. The topological polar surface area (TPSA) is 49.3 Å². The number of hydrogen-bond acceptors (Lipinski definition) is 4. The van der Waals surface area contributed by atoms with Crippen LogP contribution in [0.4, 0.5) is 11.6 Å². The van der Waals surface area contributed by atoms with Crippen molar-refractivity contribution in [2.45, 2.75) is 19.3 Å². The molecule has 0 fully saturated rings. The second-order valence-electron chi connectivity index (χ2n) is 6.25. The Labute approximate surface area is 135 Å². The highest BCUT2D eigenvalue weighted by molar-refractivity contribution is 5.98. The van der Waals surface area contributed by atoms with Gasteiger partial charge in [0.05, 0.1) is 11.0 Å². The van der Waals surface area contributed by atoms with Gasteiger partial charge in [0, 0.05) is 26.1 Å². The second-order valence-corrected chi connectivity index (χ2v) is 6.25. The van der Waals surface area contributed by atoms with Crippen molar-refractivity contribution >= 4 is 28.6 Å². The molecular formula is C18H20N4O. The van der Waals surface area contributed by atoms with E-state index in [1.54, 1.807) is 0 Å². The summed E-state index contributed by atoms with van der Waals surface area (Å²) in [5, 5.41) is 0. The van der Waals surface area contributed by atoms with Crippen molar-refractivity contribution in [3.8, 4) is 0 Å². The predicted molar refractivity (Wildman–Crippen MR) is 91.6 cm³/mol. The zero-order valence-electron chi connectivity index (χ0n) is 13.3. The van der Waals surface area contributed by atoms with Gasteiger partial charge in [-0.25, -0.2) is 9.97 Å². The van der Waals surface area contributed by atoms with Gasteiger partial charge in [-0.2, -0.15) is 0 Å². The molecule has 1 amide bonds. The highest BCUT2D eigenvalue weighted by atomic mass is 16.2. The molecule has 23 heavy (non-hydrogen) atoms. The molecule has 1 atom stereocenters. The minimum atomic E-state index is 0.0736. The van der Waals surface area contributed by atoms with Crippen LogP contribution in [-0.2, 0) is 4.79 Å². The lowest BCUT2D eigenvalue weighted by Gasteiger charge is -2.35. The van der Waals surface area contributed by atoms with Gasteiger partial charge >= 0.3 is 0 Å². The molecule has 0 saturated heterocycles. The summed E-state index contributed by atoms with van der Waals surface area (Å²) in [6.45, 7) is 1.46. The Morgan fingerprint density at radius 1 is 1.09 bits per heavy atom. The van der Waals surface area contributed by atoms with E-state index in [9.17, 15) is 4.79 Å². The van der Waals surface area contributed by atoms with Crippen LogP contribution in [0, 0.1) is 5.92 Å². The van der Waals surface area contributed by atoms with Crippen LogP contribution in [0.15, 0.2) is 36.4 Å². The number of anilines is 2. The van der Waals surface area contributed by atoms with E-state index < -0.39 is 0 Å². The first-order valence-corrected chi connectivity index (χ1v) is 8.18. The molecule has 4 rings (SSSR count). The summed E-state index contributed by atoms with van der Waals surface area (Å²) < 4.78 is 0. The Kier molecular flexibility index (Phi) is 3.48. The third-order valence-electron chi connectivity index (χ3n) is 4.70. The number of nitrogens with zero attached hydrogens (tertiary/aromatic N) is 4. The van der Waals surface area contributed by atoms with Crippen LogP contribution in [0.1, 0.15) is 19.3 Å². The number of allylic oxidation sites excluding steroid dienone is 2. The molecule has 1 aromatic carbocycles. The summed E-state index contributed by atoms with van der Waals surface area (Å²) in [6, 6.07) is 7.82. The molecule has 0 unspecified atom stereocenters. The highest BCUT2D eigenvalue weighted by Gasteiger charge is 2.32. The summed E-state index contributed by atoms with van der Waals surface area (Å²) in [4.78, 5) is 26.4. The van der Waals surface area contributed by atoms with Crippen LogP contribution in [0.3, 0.4) is 0 Å². The summed E-state index contributed by atoms with van der Waals surface area (Å²) in [7, 11) is 2.01. The molecule has 5 heteroatoms. The number of likely N-dealkylation sites (N-methyl/N-ethyl adjacent to an activating group) is 1. The number of para-hydroxylation sites is 2. The molecule has 5 nitrogen and oxygen atoms in total. The molecule has 0 bridgehead atoms. The van der Waals surface area contributed by atoms with E-state index in [1.165, 1.54) is 0 Å². The highest BCUT2D eigenvalue weighted by Crippen LogP contribution is 2.33. The third-order valence-corrected chi connectivity index (χ3v) is 4.70. The van der Waals surface area contributed by atoms with Gasteiger partial charge in [-0.1, -0.05) is 24.3 Å². The van der Waals surface area contributed by atoms with E-state index in [0.717, 1.165) is 42.7 Å². The summed E-state index contributed by atoms with van der Waals surface area (Å²) in [5.41, 5.74) is 1.70. The average Bonchev–Trinajstić information content (AvgIpc) is 2.61. The van der Waals surface area contributed by atoms with Crippen molar-refractivity contribution in [1.82, 2.24) is 9.97 Å². The Hall–Kier alpha value is -2.43. The molecule has 0 spiro atoms. The monoisotopic (exact) mass is 308 g/mol. The molecule has 0 N–H and O–H groups in total. The number of amides is 1. The number of carbonyl (C=O) groups excluding carboxylic acids is 1. The number of hydrogen-bond donors (Lipinski definition) is 0. The van der Waals surface area contributed by atoms with Gasteiger partial charge in [0.15, 0.2) is 11.6 Å². The van der Waals surface area contributed by atoms with E-state index in [4.69, 9.17) is 9.97 Å². The summed E-state index contributed by atoms with van der Waals surface area (Å²) >= 11 is 0. The SMILES string of the molecule is CN1CCN(C(=O)[C@H]2CC=CCC2)c2nc3ccccc3nc21. The zero-order chi connectivity index (χ0) is 15.8. The van der Waals surface area contributed by atoms with Crippen LogP contribution in [0.25, 0.3) is 11.0 Å². The van der Waals surface area contributed by atoms with Crippen LogP contribution >= 0.6 is 0 Å². The Morgan fingerprint density at radius 3 is 2.52 bits per heavy atom. The minimum Gasteiger partial charge on any atom is -0.355 e. The number of rotatable bonds is 1. The number of carbonyl (C=O) groups is 1. The molecule has 118 valence electrons. The molecule has 0 saturated carbocycles.